The van der Waals surface area contributed by atoms with Gasteiger partial charge >= 0.3 is 0 Å². The van der Waals surface area contributed by atoms with Crippen LogP contribution in [0.25, 0.3) is 21.9 Å². The molecule has 1 saturated heterocycles. The first kappa shape index (κ1) is 18.0. The molecule has 1 unspecified atom stereocenters. The van der Waals surface area contributed by atoms with Crippen LogP contribution in [0.3, 0.4) is 0 Å². The van der Waals surface area contributed by atoms with Gasteiger partial charge in [-0.15, -0.1) is 0 Å². The van der Waals surface area contributed by atoms with Crippen molar-refractivity contribution in [3.63, 3.8) is 0 Å². The van der Waals surface area contributed by atoms with E-state index in [2.05, 4.69) is 27.3 Å². The number of nitrogens with one attached hydrogen (secondary N) is 2. The van der Waals surface area contributed by atoms with Crippen molar-refractivity contribution < 1.29 is 9.21 Å². The summed E-state index contributed by atoms with van der Waals surface area (Å²) in [5.74, 6) is 1.44. The Morgan fingerprint density at radius 3 is 2.79 bits per heavy atom. The van der Waals surface area contributed by atoms with E-state index in [1.165, 1.54) is 0 Å². The third-order valence-corrected chi connectivity index (χ3v) is 5.78. The van der Waals surface area contributed by atoms with E-state index in [-0.39, 0.29) is 5.91 Å². The smallest absolute Gasteiger partial charge is 0.267 e. The van der Waals surface area contributed by atoms with Crippen molar-refractivity contribution in [2.75, 3.05) is 19.6 Å². The highest BCUT2D eigenvalue weighted by molar-refractivity contribution is 5.97. The van der Waals surface area contributed by atoms with Gasteiger partial charge in [0.2, 0.25) is 0 Å². The van der Waals surface area contributed by atoms with Crippen LogP contribution >= 0.6 is 0 Å². The predicted octanol–water partition coefficient (Wildman–Crippen LogP) is 4.56. The maximum atomic E-state index is 12.6. The first-order valence-electron chi connectivity index (χ1n) is 10.3. The van der Waals surface area contributed by atoms with Crippen LogP contribution < -0.4 is 5.32 Å². The van der Waals surface area contributed by atoms with Gasteiger partial charge in [-0.1, -0.05) is 36.4 Å². The fraction of sp³-hybridized carbons (Fsp3) is 0.292. The minimum Gasteiger partial charge on any atom is -0.460 e. The normalized spacial score (nSPS) is 17.7. The summed E-state index contributed by atoms with van der Waals surface area (Å²) in [6.45, 7) is 3.57. The van der Waals surface area contributed by atoms with Crippen LogP contribution in [0.15, 0.2) is 65.1 Å². The van der Waals surface area contributed by atoms with E-state index >= 15 is 0 Å². The highest BCUT2D eigenvalue weighted by Crippen LogP contribution is 2.23. The summed E-state index contributed by atoms with van der Waals surface area (Å²) in [5, 5.41) is 5.33. The maximum Gasteiger partial charge on any atom is 0.267 e. The molecular formula is C24H25N3O2. The number of furan rings is 1. The number of rotatable bonds is 5. The van der Waals surface area contributed by atoms with Crippen molar-refractivity contribution in [2.45, 2.75) is 19.4 Å². The number of para-hydroxylation sites is 2. The molecule has 1 fully saturated rings. The molecule has 148 valence electrons. The summed E-state index contributed by atoms with van der Waals surface area (Å²) in [6, 6.07) is 20.1. The van der Waals surface area contributed by atoms with E-state index in [4.69, 9.17) is 4.42 Å². The number of carbonyl (C=O) groups is 1. The lowest BCUT2D eigenvalue weighted by Crippen LogP contribution is -2.40. The molecule has 1 atom stereocenters. The summed E-state index contributed by atoms with van der Waals surface area (Å²) in [5.41, 5.74) is 2.56. The van der Waals surface area contributed by atoms with Gasteiger partial charge in [-0.3, -0.25) is 9.69 Å². The number of nitrogens with zero attached hydrogens (tertiary/aromatic N) is 1. The van der Waals surface area contributed by atoms with Crippen molar-refractivity contribution >= 4 is 27.8 Å². The van der Waals surface area contributed by atoms with Gasteiger partial charge in [-0.25, -0.2) is 0 Å². The Balaban J connectivity index is 1.18. The molecule has 1 aliphatic rings. The number of hydrogen-bond acceptors (Lipinski definition) is 3. The fourth-order valence-electron chi connectivity index (χ4n) is 4.32. The summed E-state index contributed by atoms with van der Waals surface area (Å²) in [7, 11) is 0. The molecule has 5 nitrogen and oxygen atoms in total. The van der Waals surface area contributed by atoms with Gasteiger partial charge in [0, 0.05) is 29.4 Å². The van der Waals surface area contributed by atoms with Gasteiger partial charge in [0.15, 0.2) is 0 Å². The minimum absolute atomic E-state index is 0.0318. The van der Waals surface area contributed by atoms with E-state index in [9.17, 15) is 4.79 Å². The van der Waals surface area contributed by atoms with Gasteiger partial charge < -0.3 is 14.7 Å². The summed E-state index contributed by atoms with van der Waals surface area (Å²) in [4.78, 5) is 18.2. The van der Waals surface area contributed by atoms with Crippen LogP contribution in [0, 0.1) is 5.92 Å². The molecular weight excluding hydrogens is 362 g/mol. The maximum absolute atomic E-state index is 12.6. The highest BCUT2D eigenvalue weighted by Gasteiger charge is 2.22. The number of aromatic amines is 1. The largest absolute Gasteiger partial charge is 0.460 e. The zero-order valence-electron chi connectivity index (χ0n) is 16.4. The lowest BCUT2D eigenvalue weighted by molar-refractivity contribution is 0.0924. The average molecular weight is 387 g/mol. The third-order valence-electron chi connectivity index (χ3n) is 5.78. The number of carbonyl (C=O) groups excluding carboxylic acids is 1. The monoisotopic (exact) mass is 387 g/mol. The quantitative estimate of drug-likeness (QED) is 0.528. The van der Waals surface area contributed by atoms with Crippen LogP contribution in [0.5, 0.6) is 0 Å². The summed E-state index contributed by atoms with van der Waals surface area (Å²) < 4.78 is 5.98. The Labute approximate surface area is 169 Å². The molecule has 0 spiro atoms. The Morgan fingerprint density at radius 2 is 1.93 bits per heavy atom. The Kier molecular flexibility index (Phi) is 4.82. The SMILES string of the molecule is O=C(NCC1CCCN(Cc2cc3ccccc3o2)C1)c1cc2ccccc2[nH]1. The van der Waals surface area contributed by atoms with Crippen molar-refractivity contribution in [1.82, 2.24) is 15.2 Å². The molecule has 29 heavy (non-hydrogen) atoms. The van der Waals surface area contributed by atoms with Gasteiger partial charge in [-0.05, 0) is 49.6 Å². The molecule has 0 aliphatic carbocycles. The number of H-pyrrole nitrogens is 1. The second-order valence-electron chi connectivity index (χ2n) is 7.97. The second kappa shape index (κ2) is 7.76. The number of benzene rings is 2. The zero-order valence-corrected chi connectivity index (χ0v) is 16.4. The Morgan fingerprint density at radius 1 is 1.10 bits per heavy atom. The molecule has 0 saturated carbocycles. The van der Waals surface area contributed by atoms with Gasteiger partial charge in [0.05, 0.1) is 6.54 Å². The Hall–Kier alpha value is -3.05. The minimum atomic E-state index is -0.0318. The van der Waals surface area contributed by atoms with Gasteiger partial charge in [0.1, 0.15) is 17.0 Å². The van der Waals surface area contributed by atoms with Crippen LogP contribution in [0.2, 0.25) is 0 Å². The number of amides is 1. The Bertz CT molecular complexity index is 1080. The van der Waals surface area contributed by atoms with Crippen molar-refractivity contribution in [2.24, 2.45) is 5.92 Å². The molecule has 1 aliphatic heterocycles. The molecule has 0 radical (unpaired) electrons. The van der Waals surface area contributed by atoms with E-state index < -0.39 is 0 Å². The lowest BCUT2D eigenvalue weighted by atomic mass is 9.98. The van der Waals surface area contributed by atoms with Gasteiger partial charge in [0.25, 0.3) is 5.91 Å². The van der Waals surface area contributed by atoms with Crippen molar-refractivity contribution in [3.8, 4) is 0 Å². The highest BCUT2D eigenvalue weighted by atomic mass is 16.3. The van der Waals surface area contributed by atoms with Crippen LogP contribution in [-0.2, 0) is 6.54 Å². The third kappa shape index (κ3) is 3.91. The first-order chi connectivity index (χ1) is 14.2. The number of piperidine rings is 1. The molecule has 0 bridgehead atoms. The van der Waals surface area contributed by atoms with Crippen molar-refractivity contribution in [3.05, 3.63) is 72.1 Å². The standard InChI is InChI=1S/C24H25N3O2/c28-24(22-13-18-7-1-3-9-21(18)26-22)25-14-17-6-5-11-27(15-17)16-20-12-19-8-2-4-10-23(19)29-20/h1-4,7-10,12-13,17,26H,5-6,11,14-16H2,(H,25,28). The molecule has 2 N–H and O–H groups in total. The lowest BCUT2D eigenvalue weighted by Gasteiger charge is -2.32. The van der Waals surface area contributed by atoms with Gasteiger partial charge in [-0.2, -0.15) is 0 Å². The van der Waals surface area contributed by atoms with E-state index in [0.29, 0.717) is 18.2 Å². The molecule has 4 aromatic rings. The predicted molar refractivity (Wildman–Crippen MR) is 115 cm³/mol. The summed E-state index contributed by atoms with van der Waals surface area (Å²) >= 11 is 0. The number of likely N-dealkylation sites (tertiary alicyclic amines) is 1. The number of fused-ring (bicyclic) bond motifs is 2. The molecule has 5 rings (SSSR count). The number of hydrogen-bond donors (Lipinski definition) is 2. The van der Waals surface area contributed by atoms with Crippen LogP contribution in [0.1, 0.15) is 29.1 Å². The van der Waals surface area contributed by atoms with Crippen LogP contribution in [0.4, 0.5) is 0 Å². The topological polar surface area (TPSA) is 61.3 Å². The second-order valence-corrected chi connectivity index (χ2v) is 7.97. The van der Waals surface area contributed by atoms with Crippen LogP contribution in [-0.4, -0.2) is 35.4 Å². The zero-order chi connectivity index (χ0) is 19.6. The first-order valence-corrected chi connectivity index (χ1v) is 10.3. The summed E-state index contributed by atoms with van der Waals surface area (Å²) in [6.07, 6.45) is 2.29. The van der Waals surface area contributed by atoms with E-state index in [1.807, 2.05) is 48.5 Å². The average Bonchev–Trinajstić information content (AvgIpc) is 3.35. The molecule has 1 amide bonds. The molecule has 2 aromatic heterocycles. The molecule has 3 heterocycles. The molecule has 5 heteroatoms. The number of aromatic nitrogens is 1. The molecule has 2 aromatic carbocycles. The van der Waals surface area contributed by atoms with E-state index in [1.54, 1.807) is 0 Å². The van der Waals surface area contributed by atoms with Crippen molar-refractivity contribution in [1.29, 1.82) is 0 Å². The van der Waals surface area contributed by atoms with E-state index in [0.717, 1.165) is 60.1 Å². The fourth-order valence-corrected chi connectivity index (χ4v) is 4.32.